The molecule has 0 aliphatic carbocycles. The lowest BCUT2D eigenvalue weighted by molar-refractivity contribution is -0.132. The van der Waals surface area contributed by atoms with Crippen molar-refractivity contribution in [3.8, 4) is 0 Å². The lowest BCUT2D eigenvalue weighted by Gasteiger charge is -2.23. The Bertz CT molecular complexity index is 842. The number of halogens is 1. The predicted octanol–water partition coefficient (Wildman–Crippen LogP) is 1.02. The Balaban J connectivity index is 2.22. The number of rotatable bonds is 2. The molecule has 1 atom stereocenters. The van der Waals surface area contributed by atoms with Crippen LogP contribution >= 0.6 is 0 Å². The normalized spacial score (nSPS) is 16.4. The maximum Gasteiger partial charge on any atom is 0.352 e. The van der Waals surface area contributed by atoms with Gasteiger partial charge in [0.2, 0.25) is 5.95 Å². The van der Waals surface area contributed by atoms with Gasteiger partial charge in [0.1, 0.15) is 17.3 Å². The highest BCUT2D eigenvalue weighted by molar-refractivity contribution is 5.91. The number of carboxylic acid groups (broad SMARTS) is 1. The van der Waals surface area contributed by atoms with Crippen molar-refractivity contribution in [2.24, 2.45) is 0 Å². The Hall–Kier alpha value is -3.16. The number of nitrogens with zero attached hydrogens (tertiary/aromatic N) is 1. The van der Waals surface area contributed by atoms with Crippen molar-refractivity contribution in [3.63, 3.8) is 0 Å². The zero-order valence-corrected chi connectivity index (χ0v) is 11.1. The number of carboxylic acids is 1. The second kappa shape index (κ2) is 4.99. The number of aliphatic carboxylic acids is 1. The number of fused-ring (bicyclic) bond motifs is 1. The number of carbonyl (C=O) groups is 1. The molecule has 1 aliphatic heterocycles. The number of hydrogen-bond donors (Lipinski definition) is 4. The molecule has 0 radical (unpaired) electrons. The van der Waals surface area contributed by atoms with Crippen LogP contribution in [0.2, 0.25) is 0 Å². The molecule has 5 N–H and O–H groups in total. The highest BCUT2D eigenvalue weighted by Crippen LogP contribution is 2.33. The Kier molecular flexibility index (Phi) is 3.13. The zero-order chi connectivity index (χ0) is 15.9. The fraction of sp³-hybridized carbons (Fsp3) is 0.0714. The number of aromatic nitrogens is 2. The molecule has 2 heterocycles. The van der Waals surface area contributed by atoms with Gasteiger partial charge in [-0.3, -0.25) is 9.78 Å². The summed E-state index contributed by atoms with van der Waals surface area (Å²) in [5.74, 6) is -2.33. The molecule has 0 fully saturated rings. The fourth-order valence-corrected chi connectivity index (χ4v) is 2.36. The third-order valence-electron chi connectivity index (χ3n) is 3.33. The smallest absolute Gasteiger partial charge is 0.352 e. The van der Waals surface area contributed by atoms with Gasteiger partial charge in [-0.1, -0.05) is 12.1 Å². The maximum absolute atomic E-state index is 13.1. The van der Waals surface area contributed by atoms with E-state index >= 15 is 0 Å². The van der Waals surface area contributed by atoms with E-state index in [1.54, 1.807) is 0 Å². The van der Waals surface area contributed by atoms with Crippen molar-refractivity contribution >= 4 is 17.7 Å². The molecule has 7 nitrogen and oxygen atoms in total. The van der Waals surface area contributed by atoms with Gasteiger partial charge in [-0.05, 0) is 23.8 Å². The third kappa shape index (κ3) is 2.30. The number of nitrogen functional groups attached to an aromatic ring is 1. The molecule has 1 unspecified atom stereocenters. The third-order valence-corrected chi connectivity index (χ3v) is 3.33. The van der Waals surface area contributed by atoms with Crippen molar-refractivity contribution in [1.29, 1.82) is 0 Å². The fourth-order valence-electron chi connectivity index (χ4n) is 2.36. The van der Waals surface area contributed by atoms with Crippen LogP contribution in [0.15, 0.2) is 40.8 Å². The van der Waals surface area contributed by atoms with E-state index in [0.717, 1.165) is 0 Å². The molecule has 1 aromatic carbocycles. The number of allylic oxidation sites excluding steroid dienone is 1. The minimum atomic E-state index is -1.20. The van der Waals surface area contributed by atoms with E-state index < -0.39 is 23.3 Å². The lowest BCUT2D eigenvalue weighted by Crippen LogP contribution is -2.27. The average Bonchev–Trinajstić information content (AvgIpc) is 2.46. The monoisotopic (exact) mass is 302 g/mol. The van der Waals surface area contributed by atoms with Crippen molar-refractivity contribution < 1.29 is 14.3 Å². The molecular formula is C14H11FN4O3. The van der Waals surface area contributed by atoms with Crippen LogP contribution in [-0.2, 0) is 4.79 Å². The summed E-state index contributed by atoms with van der Waals surface area (Å²) in [6, 6.07) is 5.45. The Morgan fingerprint density at radius 3 is 2.64 bits per heavy atom. The number of hydrogen-bond acceptors (Lipinski definition) is 5. The number of H-pyrrole nitrogens is 1. The maximum atomic E-state index is 13.1. The van der Waals surface area contributed by atoms with E-state index in [9.17, 15) is 19.1 Å². The van der Waals surface area contributed by atoms with E-state index in [1.807, 2.05) is 0 Å². The first kappa shape index (κ1) is 13.8. The van der Waals surface area contributed by atoms with E-state index in [4.69, 9.17) is 5.73 Å². The highest BCUT2D eigenvalue weighted by atomic mass is 19.1. The summed E-state index contributed by atoms with van der Waals surface area (Å²) in [4.78, 5) is 29.7. The van der Waals surface area contributed by atoms with Gasteiger partial charge in [-0.2, -0.15) is 4.98 Å². The van der Waals surface area contributed by atoms with Crippen molar-refractivity contribution in [3.05, 3.63) is 63.3 Å². The SMILES string of the molecule is Nc1nc2c(c(=O)[nH]1)C(c1ccc(F)cc1)C=C(C(=O)O)N2. The van der Waals surface area contributed by atoms with Crippen LogP contribution in [0.1, 0.15) is 17.0 Å². The van der Waals surface area contributed by atoms with Gasteiger partial charge in [0, 0.05) is 5.92 Å². The van der Waals surface area contributed by atoms with Crippen molar-refractivity contribution in [1.82, 2.24) is 9.97 Å². The highest BCUT2D eigenvalue weighted by Gasteiger charge is 2.28. The Morgan fingerprint density at radius 2 is 2.00 bits per heavy atom. The summed E-state index contributed by atoms with van der Waals surface area (Å²) in [5.41, 5.74) is 5.68. The van der Waals surface area contributed by atoms with Crippen LogP contribution in [0.25, 0.3) is 0 Å². The molecule has 3 rings (SSSR count). The molecule has 0 spiro atoms. The number of nitrogens with one attached hydrogen (secondary N) is 2. The molecule has 2 aromatic rings. The second-order valence-electron chi connectivity index (χ2n) is 4.75. The molecule has 0 amide bonds. The van der Waals surface area contributed by atoms with Crippen LogP contribution in [-0.4, -0.2) is 21.0 Å². The first-order valence-corrected chi connectivity index (χ1v) is 6.33. The summed E-state index contributed by atoms with van der Waals surface area (Å²) in [5, 5.41) is 11.7. The minimum Gasteiger partial charge on any atom is -0.477 e. The van der Waals surface area contributed by atoms with Gasteiger partial charge < -0.3 is 16.2 Å². The standard InChI is InChI=1S/C14H11FN4O3/c15-7-3-1-6(2-4-7)8-5-9(13(21)22)17-11-10(8)12(20)19-14(16)18-11/h1-5,8H,(H,21,22)(H4,16,17,18,19,20). The summed E-state index contributed by atoms with van der Waals surface area (Å²) in [6.45, 7) is 0. The van der Waals surface area contributed by atoms with Crippen LogP contribution < -0.4 is 16.6 Å². The zero-order valence-electron chi connectivity index (χ0n) is 11.1. The number of anilines is 2. The molecule has 0 bridgehead atoms. The first-order chi connectivity index (χ1) is 10.5. The molecule has 8 heteroatoms. The molecule has 112 valence electrons. The summed E-state index contributed by atoms with van der Waals surface area (Å²) in [6.07, 6.45) is 1.38. The summed E-state index contributed by atoms with van der Waals surface area (Å²) < 4.78 is 13.1. The predicted molar refractivity (Wildman–Crippen MR) is 76.9 cm³/mol. The molecule has 1 aliphatic rings. The molecule has 22 heavy (non-hydrogen) atoms. The van der Waals surface area contributed by atoms with E-state index in [-0.39, 0.29) is 23.0 Å². The number of benzene rings is 1. The van der Waals surface area contributed by atoms with Gasteiger partial charge in [-0.25, -0.2) is 9.18 Å². The van der Waals surface area contributed by atoms with E-state index in [0.29, 0.717) is 5.56 Å². The van der Waals surface area contributed by atoms with E-state index in [2.05, 4.69) is 15.3 Å². The second-order valence-corrected chi connectivity index (χ2v) is 4.75. The summed E-state index contributed by atoms with van der Waals surface area (Å²) in [7, 11) is 0. The van der Waals surface area contributed by atoms with Gasteiger partial charge in [0.25, 0.3) is 5.56 Å². The summed E-state index contributed by atoms with van der Waals surface area (Å²) >= 11 is 0. The lowest BCUT2D eigenvalue weighted by atomic mass is 9.89. The average molecular weight is 302 g/mol. The van der Waals surface area contributed by atoms with Gasteiger partial charge in [0.15, 0.2) is 0 Å². The van der Waals surface area contributed by atoms with Crippen molar-refractivity contribution in [2.45, 2.75) is 5.92 Å². The van der Waals surface area contributed by atoms with Crippen LogP contribution in [0.4, 0.5) is 16.2 Å². The topological polar surface area (TPSA) is 121 Å². The largest absolute Gasteiger partial charge is 0.477 e. The molecular weight excluding hydrogens is 291 g/mol. The molecule has 0 saturated heterocycles. The van der Waals surface area contributed by atoms with Crippen LogP contribution in [0, 0.1) is 5.82 Å². The molecule has 0 saturated carbocycles. The molecule has 1 aromatic heterocycles. The van der Waals surface area contributed by atoms with Gasteiger partial charge >= 0.3 is 5.97 Å². The quantitative estimate of drug-likeness (QED) is 0.657. The first-order valence-electron chi connectivity index (χ1n) is 6.33. The van der Waals surface area contributed by atoms with Crippen molar-refractivity contribution in [2.75, 3.05) is 11.1 Å². The number of nitrogens with two attached hydrogens (primary N) is 1. The van der Waals surface area contributed by atoms with Gasteiger partial charge in [-0.15, -0.1) is 0 Å². The van der Waals surface area contributed by atoms with Gasteiger partial charge in [0.05, 0.1) is 5.56 Å². The Morgan fingerprint density at radius 1 is 1.32 bits per heavy atom. The number of aromatic amines is 1. The van der Waals surface area contributed by atoms with Crippen LogP contribution in [0.5, 0.6) is 0 Å². The van der Waals surface area contributed by atoms with E-state index in [1.165, 1.54) is 30.3 Å². The Labute approximate surface area is 123 Å². The minimum absolute atomic E-state index is 0.0791. The van der Waals surface area contributed by atoms with Crippen LogP contribution in [0.3, 0.4) is 0 Å².